The van der Waals surface area contributed by atoms with Crippen molar-refractivity contribution >= 4 is 30.4 Å². The SMILES string of the molecule is O=P(CC(c1ccccc1)P1(=O)Oc2ccccc2-c2ccccc21)(c1ccccc1)c1ccccc1. The summed E-state index contributed by atoms with van der Waals surface area (Å²) in [6.07, 6.45) is 0.179. The fourth-order valence-corrected chi connectivity index (χ4v) is 11.9. The van der Waals surface area contributed by atoms with Gasteiger partial charge >= 0.3 is 0 Å². The lowest BCUT2D eigenvalue weighted by Crippen LogP contribution is -2.27. The highest BCUT2D eigenvalue weighted by Gasteiger charge is 2.47. The second-order valence-corrected chi connectivity index (χ2v) is 14.6. The molecule has 1 heterocycles. The predicted octanol–water partition coefficient (Wildman–Crippen LogP) is 7.40. The summed E-state index contributed by atoms with van der Waals surface area (Å²) < 4.78 is 37.0. The first-order valence-electron chi connectivity index (χ1n) is 12.3. The maximum absolute atomic E-state index is 15.3. The molecule has 6 rings (SSSR count). The molecule has 0 fully saturated rings. The molecule has 0 radical (unpaired) electrons. The fourth-order valence-electron chi connectivity index (χ4n) is 5.19. The van der Waals surface area contributed by atoms with Gasteiger partial charge in [0.15, 0.2) is 0 Å². The van der Waals surface area contributed by atoms with Gasteiger partial charge in [-0.3, -0.25) is 4.57 Å². The van der Waals surface area contributed by atoms with E-state index in [4.69, 9.17) is 4.52 Å². The Labute approximate surface area is 217 Å². The van der Waals surface area contributed by atoms with Crippen molar-refractivity contribution in [1.29, 1.82) is 0 Å². The molecule has 1 aliphatic heterocycles. The Kier molecular flexibility index (Phi) is 6.21. The van der Waals surface area contributed by atoms with Crippen molar-refractivity contribution in [2.75, 3.05) is 6.16 Å². The van der Waals surface area contributed by atoms with Crippen LogP contribution in [-0.2, 0) is 9.13 Å². The molecule has 2 unspecified atom stereocenters. The van der Waals surface area contributed by atoms with E-state index in [0.29, 0.717) is 11.1 Å². The topological polar surface area (TPSA) is 43.4 Å². The quantitative estimate of drug-likeness (QED) is 0.219. The lowest BCUT2D eigenvalue weighted by molar-refractivity contribution is 0.481. The van der Waals surface area contributed by atoms with Crippen molar-refractivity contribution in [3.8, 4) is 16.9 Å². The van der Waals surface area contributed by atoms with Crippen LogP contribution in [0.4, 0.5) is 0 Å². The highest BCUT2D eigenvalue weighted by atomic mass is 31.2. The smallest absolute Gasteiger partial charge is 0.285 e. The van der Waals surface area contributed by atoms with Gasteiger partial charge in [0, 0.05) is 22.3 Å². The van der Waals surface area contributed by atoms with Gasteiger partial charge < -0.3 is 9.09 Å². The summed E-state index contributed by atoms with van der Waals surface area (Å²) in [5.74, 6) is 0.597. The van der Waals surface area contributed by atoms with Crippen molar-refractivity contribution in [3.63, 3.8) is 0 Å². The van der Waals surface area contributed by atoms with E-state index in [1.807, 2.05) is 140 Å². The molecule has 0 aromatic heterocycles. The molecule has 5 aromatic carbocycles. The average Bonchev–Trinajstić information content (AvgIpc) is 2.97. The minimum absolute atomic E-state index is 0.179. The molecule has 0 aliphatic carbocycles. The Balaban J connectivity index is 1.58. The summed E-state index contributed by atoms with van der Waals surface area (Å²) >= 11 is 0. The van der Waals surface area contributed by atoms with Crippen LogP contribution in [0, 0.1) is 0 Å². The molecule has 3 nitrogen and oxygen atoms in total. The maximum Gasteiger partial charge on any atom is 0.285 e. The Bertz CT molecular complexity index is 1590. The zero-order valence-electron chi connectivity index (χ0n) is 20.2. The molecule has 5 heteroatoms. The third-order valence-corrected chi connectivity index (χ3v) is 13.3. The van der Waals surface area contributed by atoms with Crippen LogP contribution < -0.4 is 20.4 Å². The Morgan fingerprint density at radius 3 is 1.70 bits per heavy atom. The summed E-state index contributed by atoms with van der Waals surface area (Å²) in [7, 11) is -6.78. The van der Waals surface area contributed by atoms with Gasteiger partial charge in [-0.15, -0.1) is 0 Å². The van der Waals surface area contributed by atoms with Gasteiger partial charge in [-0.1, -0.05) is 127 Å². The van der Waals surface area contributed by atoms with Crippen LogP contribution in [0.3, 0.4) is 0 Å². The number of benzene rings is 5. The molecule has 2 atom stereocenters. The van der Waals surface area contributed by atoms with Gasteiger partial charge in [0.25, 0.3) is 7.37 Å². The summed E-state index contributed by atoms with van der Waals surface area (Å²) in [4.78, 5) is 0. The summed E-state index contributed by atoms with van der Waals surface area (Å²) in [6, 6.07) is 44.4. The van der Waals surface area contributed by atoms with E-state index >= 15 is 9.13 Å². The van der Waals surface area contributed by atoms with Gasteiger partial charge in [-0.2, -0.15) is 0 Å². The van der Waals surface area contributed by atoms with E-state index < -0.39 is 20.2 Å². The molecule has 0 N–H and O–H groups in total. The van der Waals surface area contributed by atoms with Gasteiger partial charge in [0.2, 0.25) is 0 Å². The molecule has 37 heavy (non-hydrogen) atoms. The van der Waals surface area contributed by atoms with Crippen LogP contribution in [0.5, 0.6) is 5.75 Å². The zero-order chi connectivity index (χ0) is 25.3. The number of rotatable bonds is 6. The van der Waals surface area contributed by atoms with Crippen LogP contribution in [0.15, 0.2) is 140 Å². The van der Waals surface area contributed by atoms with Gasteiger partial charge in [-0.25, -0.2) is 0 Å². The normalized spacial score (nSPS) is 17.2. The van der Waals surface area contributed by atoms with Crippen molar-refractivity contribution in [1.82, 2.24) is 0 Å². The van der Waals surface area contributed by atoms with Crippen LogP contribution in [0.1, 0.15) is 11.2 Å². The van der Waals surface area contributed by atoms with Gasteiger partial charge in [0.05, 0.1) is 11.0 Å². The number of hydrogen-bond donors (Lipinski definition) is 0. The molecule has 5 aromatic rings. The Morgan fingerprint density at radius 2 is 1.08 bits per heavy atom. The molecular formula is C32H26O3P2. The molecular weight excluding hydrogens is 494 g/mol. The van der Waals surface area contributed by atoms with Crippen LogP contribution in [0.25, 0.3) is 11.1 Å². The largest absolute Gasteiger partial charge is 0.439 e. The minimum Gasteiger partial charge on any atom is -0.439 e. The predicted molar refractivity (Wildman–Crippen MR) is 154 cm³/mol. The fraction of sp³-hybridized carbons (Fsp3) is 0.0625. The second-order valence-electron chi connectivity index (χ2n) is 9.22. The lowest BCUT2D eigenvalue weighted by Gasteiger charge is -2.36. The lowest BCUT2D eigenvalue weighted by atomic mass is 10.0. The van der Waals surface area contributed by atoms with Gasteiger partial charge in [-0.05, 0) is 23.3 Å². The zero-order valence-corrected chi connectivity index (χ0v) is 22.0. The number of hydrogen-bond acceptors (Lipinski definition) is 3. The molecule has 182 valence electrons. The maximum atomic E-state index is 15.3. The van der Waals surface area contributed by atoms with Crippen molar-refractivity contribution in [2.24, 2.45) is 0 Å². The van der Waals surface area contributed by atoms with E-state index in [0.717, 1.165) is 27.3 Å². The van der Waals surface area contributed by atoms with E-state index in [2.05, 4.69) is 0 Å². The van der Waals surface area contributed by atoms with Crippen molar-refractivity contribution in [2.45, 2.75) is 5.66 Å². The molecule has 0 amide bonds. The monoisotopic (exact) mass is 520 g/mol. The van der Waals surface area contributed by atoms with E-state index in [1.165, 1.54) is 0 Å². The summed E-state index contributed by atoms with van der Waals surface area (Å²) in [5.41, 5.74) is 2.06. The molecule has 0 spiro atoms. The first-order valence-corrected chi connectivity index (χ1v) is 15.9. The first kappa shape index (κ1) is 23.7. The van der Waals surface area contributed by atoms with Crippen LogP contribution in [-0.4, -0.2) is 6.16 Å². The number of para-hydroxylation sites is 1. The highest BCUT2D eigenvalue weighted by Crippen LogP contribution is 2.67. The average molecular weight is 521 g/mol. The third kappa shape index (κ3) is 4.19. The van der Waals surface area contributed by atoms with Gasteiger partial charge in [0.1, 0.15) is 12.9 Å². The molecule has 0 bridgehead atoms. The second kappa shape index (κ2) is 9.67. The standard InChI is InChI=1S/C32H26O3P2/c33-36(26-16-6-2-7-17-26,27-18-8-3-9-19-27)24-32(25-14-4-1-5-15-25)37(34)31-23-13-11-21-29(31)28-20-10-12-22-30(28)35-37/h1-23,32H,24H2. The van der Waals surface area contributed by atoms with E-state index in [9.17, 15) is 0 Å². The van der Waals surface area contributed by atoms with Crippen molar-refractivity contribution < 1.29 is 13.7 Å². The highest BCUT2D eigenvalue weighted by molar-refractivity contribution is 7.79. The third-order valence-electron chi connectivity index (χ3n) is 7.02. The van der Waals surface area contributed by atoms with E-state index in [1.54, 1.807) is 0 Å². The summed E-state index contributed by atoms with van der Waals surface area (Å²) in [6.45, 7) is 0. The molecule has 0 saturated carbocycles. The summed E-state index contributed by atoms with van der Waals surface area (Å²) in [5, 5.41) is 2.18. The van der Waals surface area contributed by atoms with Crippen molar-refractivity contribution in [3.05, 3.63) is 145 Å². The van der Waals surface area contributed by atoms with Crippen LogP contribution >= 0.6 is 14.5 Å². The number of fused-ring (bicyclic) bond motifs is 3. The van der Waals surface area contributed by atoms with E-state index in [-0.39, 0.29) is 6.16 Å². The first-order chi connectivity index (χ1) is 18.1. The van der Waals surface area contributed by atoms with Crippen LogP contribution in [0.2, 0.25) is 0 Å². The molecule has 0 saturated heterocycles. The molecule has 1 aliphatic rings. The minimum atomic E-state index is -3.58. The Hall–Kier alpha value is -3.64. The Morgan fingerprint density at radius 1 is 0.595 bits per heavy atom.